The summed E-state index contributed by atoms with van der Waals surface area (Å²) >= 11 is 6.94. The van der Waals surface area contributed by atoms with Crippen LogP contribution in [-0.4, -0.2) is 20.5 Å². The van der Waals surface area contributed by atoms with Gasteiger partial charge in [-0.1, -0.05) is 34.3 Å². The topological polar surface area (TPSA) is 67.8 Å². The van der Waals surface area contributed by atoms with Gasteiger partial charge >= 0.3 is 0 Å². The molecule has 0 spiro atoms. The van der Waals surface area contributed by atoms with Crippen LogP contribution in [0.5, 0.6) is 0 Å². The van der Waals surface area contributed by atoms with Crippen molar-refractivity contribution in [3.63, 3.8) is 0 Å². The number of carbonyl (C=O) groups is 1. The Morgan fingerprint density at radius 1 is 1.23 bits per heavy atom. The average Bonchev–Trinajstić information content (AvgIpc) is 3.04. The maximum atomic E-state index is 12.3. The number of rotatable bonds is 4. The summed E-state index contributed by atoms with van der Waals surface area (Å²) in [5, 5.41) is 7.53. The number of hydrogen-bond donors (Lipinski definition) is 1. The van der Waals surface area contributed by atoms with Crippen LogP contribution in [-0.2, 0) is 6.54 Å². The highest BCUT2D eigenvalue weighted by molar-refractivity contribution is 7.08. The van der Waals surface area contributed by atoms with E-state index >= 15 is 0 Å². The molecule has 1 N–H and O–H groups in total. The van der Waals surface area contributed by atoms with Gasteiger partial charge in [0.25, 0.3) is 5.91 Å². The molecule has 7 heteroatoms. The van der Waals surface area contributed by atoms with Gasteiger partial charge in [-0.3, -0.25) is 9.78 Å². The van der Waals surface area contributed by atoms with Gasteiger partial charge in [0.2, 0.25) is 0 Å². The van der Waals surface area contributed by atoms with Gasteiger partial charge in [-0.2, -0.15) is 0 Å². The molecule has 0 aliphatic rings. The second-order valence-corrected chi connectivity index (χ2v) is 5.69. The molecule has 0 atom stereocenters. The number of nitrogens with zero attached hydrogens (tertiary/aromatic N) is 3. The summed E-state index contributed by atoms with van der Waals surface area (Å²) in [6, 6.07) is 10.9. The van der Waals surface area contributed by atoms with E-state index in [0.29, 0.717) is 22.1 Å². The van der Waals surface area contributed by atoms with Crippen molar-refractivity contribution in [3.05, 3.63) is 64.3 Å². The first-order valence-electron chi connectivity index (χ1n) is 6.49. The standard InChI is InChI=1S/C15H11ClN4OS/c16-12-5-3-11(4-6-12)13-14(22-20-19-13)15(21)18-9-10-2-1-7-17-8-10/h1-8H,9H2,(H,18,21). The molecule has 3 aromatic rings. The number of pyridine rings is 1. The number of halogens is 1. The molecule has 1 aromatic carbocycles. The van der Waals surface area contributed by atoms with E-state index in [0.717, 1.165) is 22.7 Å². The van der Waals surface area contributed by atoms with Crippen LogP contribution in [0.3, 0.4) is 0 Å². The largest absolute Gasteiger partial charge is 0.347 e. The molecular formula is C15H11ClN4OS. The Morgan fingerprint density at radius 3 is 2.77 bits per heavy atom. The predicted octanol–water partition coefficient (Wildman–Crippen LogP) is 3.18. The fourth-order valence-corrected chi connectivity index (χ4v) is 2.63. The summed E-state index contributed by atoms with van der Waals surface area (Å²) in [4.78, 5) is 16.8. The average molecular weight is 331 g/mol. The molecule has 2 aromatic heterocycles. The van der Waals surface area contributed by atoms with Crippen molar-refractivity contribution in [1.29, 1.82) is 0 Å². The molecule has 0 aliphatic carbocycles. The Labute approximate surface area is 136 Å². The van der Waals surface area contributed by atoms with Crippen molar-refractivity contribution in [2.75, 3.05) is 0 Å². The van der Waals surface area contributed by atoms with Gasteiger partial charge in [-0.15, -0.1) is 5.10 Å². The summed E-state index contributed by atoms with van der Waals surface area (Å²) in [6.45, 7) is 0.407. The van der Waals surface area contributed by atoms with Gasteiger partial charge in [0, 0.05) is 29.5 Å². The highest BCUT2D eigenvalue weighted by atomic mass is 35.5. The van der Waals surface area contributed by atoms with Gasteiger partial charge in [0.1, 0.15) is 10.6 Å². The first kappa shape index (κ1) is 14.6. The number of hydrogen-bond acceptors (Lipinski definition) is 5. The van der Waals surface area contributed by atoms with Crippen molar-refractivity contribution >= 4 is 29.0 Å². The summed E-state index contributed by atoms with van der Waals surface area (Å²) in [5.74, 6) is -0.205. The SMILES string of the molecule is O=C(NCc1cccnc1)c1snnc1-c1ccc(Cl)cc1. The Balaban J connectivity index is 1.76. The Morgan fingerprint density at radius 2 is 2.05 bits per heavy atom. The summed E-state index contributed by atoms with van der Waals surface area (Å²) in [7, 11) is 0. The fraction of sp³-hybridized carbons (Fsp3) is 0.0667. The van der Waals surface area contributed by atoms with Crippen LogP contribution in [0.1, 0.15) is 15.2 Å². The molecule has 5 nitrogen and oxygen atoms in total. The van der Waals surface area contributed by atoms with E-state index in [-0.39, 0.29) is 5.91 Å². The van der Waals surface area contributed by atoms with E-state index < -0.39 is 0 Å². The molecule has 0 saturated carbocycles. The van der Waals surface area contributed by atoms with Gasteiger partial charge < -0.3 is 5.32 Å². The van der Waals surface area contributed by atoms with Crippen molar-refractivity contribution in [2.24, 2.45) is 0 Å². The van der Waals surface area contributed by atoms with Gasteiger partial charge in [0.05, 0.1) is 0 Å². The summed E-state index contributed by atoms with van der Waals surface area (Å²) in [6.07, 6.45) is 3.41. The number of amides is 1. The third kappa shape index (κ3) is 3.29. The lowest BCUT2D eigenvalue weighted by Gasteiger charge is -2.04. The van der Waals surface area contributed by atoms with Crippen LogP contribution in [0.15, 0.2) is 48.8 Å². The zero-order valence-corrected chi connectivity index (χ0v) is 12.9. The van der Waals surface area contributed by atoms with Gasteiger partial charge in [0.15, 0.2) is 0 Å². The molecule has 0 fully saturated rings. The normalized spacial score (nSPS) is 10.4. The third-order valence-corrected chi connectivity index (χ3v) is 3.96. The van der Waals surface area contributed by atoms with Crippen molar-refractivity contribution in [2.45, 2.75) is 6.54 Å². The van der Waals surface area contributed by atoms with Gasteiger partial charge in [-0.05, 0) is 35.3 Å². The molecule has 1 amide bonds. The lowest BCUT2D eigenvalue weighted by atomic mass is 10.1. The molecule has 2 heterocycles. The van der Waals surface area contributed by atoms with E-state index in [4.69, 9.17) is 11.6 Å². The number of nitrogens with one attached hydrogen (secondary N) is 1. The van der Waals surface area contributed by atoms with E-state index in [1.807, 2.05) is 24.3 Å². The molecule has 0 radical (unpaired) electrons. The van der Waals surface area contributed by atoms with Crippen LogP contribution in [0.4, 0.5) is 0 Å². The first-order valence-corrected chi connectivity index (χ1v) is 7.64. The Kier molecular flexibility index (Phi) is 4.41. The van der Waals surface area contributed by atoms with Crippen molar-refractivity contribution in [1.82, 2.24) is 19.9 Å². The van der Waals surface area contributed by atoms with E-state index in [1.54, 1.807) is 24.5 Å². The number of carbonyl (C=O) groups excluding carboxylic acids is 1. The van der Waals surface area contributed by atoms with Crippen LogP contribution >= 0.6 is 23.1 Å². The van der Waals surface area contributed by atoms with Crippen LogP contribution in [0, 0.1) is 0 Å². The maximum Gasteiger partial charge on any atom is 0.265 e. The zero-order valence-electron chi connectivity index (χ0n) is 11.4. The second kappa shape index (κ2) is 6.64. The van der Waals surface area contributed by atoms with Gasteiger partial charge in [-0.25, -0.2) is 0 Å². The lowest BCUT2D eigenvalue weighted by Crippen LogP contribution is -2.22. The minimum atomic E-state index is -0.205. The molecule has 0 bridgehead atoms. The third-order valence-electron chi connectivity index (χ3n) is 2.99. The van der Waals surface area contributed by atoms with Crippen LogP contribution in [0.25, 0.3) is 11.3 Å². The van der Waals surface area contributed by atoms with Crippen molar-refractivity contribution < 1.29 is 4.79 Å². The van der Waals surface area contributed by atoms with E-state index in [2.05, 4.69) is 19.9 Å². The second-order valence-electron chi connectivity index (χ2n) is 4.50. The predicted molar refractivity (Wildman–Crippen MR) is 85.8 cm³/mol. The van der Waals surface area contributed by atoms with E-state index in [9.17, 15) is 4.79 Å². The van der Waals surface area contributed by atoms with Crippen LogP contribution in [0.2, 0.25) is 5.02 Å². The minimum absolute atomic E-state index is 0.205. The fourth-order valence-electron chi connectivity index (χ4n) is 1.90. The van der Waals surface area contributed by atoms with Crippen LogP contribution < -0.4 is 5.32 Å². The lowest BCUT2D eigenvalue weighted by molar-refractivity contribution is 0.0955. The molecule has 0 aliphatic heterocycles. The number of benzene rings is 1. The molecule has 22 heavy (non-hydrogen) atoms. The van der Waals surface area contributed by atoms with E-state index in [1.165, 1.54) is 0 Å². The highest BCUT2D eigenvalue weighted by Crippen LogP contribution is 2.25. The molecule has 3 rings (SSSR count). The number of aromatic nitrogens is 3. The smallest absolute Gasteiger partial charge is 0.265 e. The Hall–Kier alpha value is -2.31. The Bertz CT molecular complexity index is 774. The molecule has 110 valence electrons. The monoisotopic (exact) mass is 330 g/mol. The minimum Gasteiger partial charge on any atom is -0.347 e. The molecule has 0 saturated heterocycles. The van der Waals surface area contributed by atoms with Crippen molar-refractivity contribution in [3.8, 4) is 11.3 Å². The summed E-state index contributed by atoms with van der Waals surface area (Å²) in [5.41, 5.74) is 2.30. The molecular weight excluding hydrogens is 320 g/mol. The highest BCUT2D eigenvalue weighted by Gasteiger charge is 2.17. The first-order chi connectivity index (χ1) is 10.7. The summed E-state index contributed by atoms with van der Waals surface area (Å²) < 4.78 is 3.88. The molecule has 0 unspecified atom stereocenters. The zero-order chi connectivity index (χ0) is 15.4. The maximum absolute atomic E-state index is 12.3. The quantitative estimate of drug-likeness (QED) is 0.797.